The second kappa shape index (κ2) is 10.8. The minimum atomic E-state index is -1.29. The quantitative estimate of drug-likeness (QED) is 0.598. The Morgan fingerprint density at radius 2 is 1.58 bits per heavy atom. The molecule has 5 N–H and O–H groups in total. The minimum absolute atomic E-state index is 0.619. The molecular formula is C17H26N4O4Si. The van der Waals surface area contributed by atoms with Crippen LogP contribution in [0.1, 0.15) is 13.8 Å². The molecule has 0 radical (unpaired) electrons. The molecule has 0 aliphatic carbocycles. The molecule has 0 aliphatic rings. The van der Waals surface area contributed by atoms with Crippen LogP contribution in [0.25, 0.3) is 0 Å². The Morgan fingerprint density at radius 1 is 1.04 bits per heavy atom. The summed E-state index contributed by atoms with van der Waals surface area (Å²) in [6, 6.07) is 7.72. The second-order valence-electron chi connectivity index (χ2n) is 6.29. The van der Waals surface area contributed by atoms with E-state index in [9.17, 15) is 0 Å². The number of carboxylic acid groups (broad SMARTS) is 2. The molecule has 26 heavy (non-hydrogen) atoms. The fourth-order valence-electron chi connectivity index (χ4n) is 1.55. The molecule has 2 rings (SSSR count). The summed E-state index contributed by atoms with van der Waals surface area (Å²) < 4.78 is 0. The SMILES string of the molecule is CC(=O)O.CC(=O)O.C[Si](C)(C)c1ccc(Nc2ncccc2N)nc1. The Morgan fingerprint density at radius 3 is 1.96 bits per heavy atom. The van der Waals surface area contributed by atoms with E-state index in [1.165, 1.54) is 5.19 Å². The first-order valence-corrected chi connectivity index (χ1v) is 11.3. The first-order valence-electron chi connectivity index (χ1n) is 7.76. The molecule has 0 fully saturated rings. The lowest BCUT2D eigenvalue weighted by Crippen LogP contribution is -2.37. The number of nitrogens with two attached hydrogens (primary N) is 1. The third kappa shape index (κ3) is 10.8. The van der Waals surface area contributed by atoms with Crippen molar-refractivity contribution in [2.45, 2.75) is 33.5 Å². The Bertz CT molecular complexity index is 695. The number of aliphatic carboxylic acids is 2. The predicted molar refractivity (Wildman–Crippen MR) is 106 cm³/mol. The van der Waals surface area contributed by atoms with Gasteiger partial charge < -0.3 is 21.3 Å². The van der Waals surface area contributed by atoms with Gasteiger partial charge in [-0.2, -0.15) is 0 Å². The van der Waals surface area contributed by atoms with Gasteiger partial charge in [0.25, 0.3) is 11.9 Å². The average Bonchev–Trinajstić information content (AvgIpc) is 2.48. The largest absolute Gasteiger partial charge is 0.481 e. The number of hydrogen-bond acceptors (Lipinski definition) is 6. The van der Waals surface area contributed by atoms with Crippen LogP contribution >= 0.6 is 0 Å². The van der Waals surface area contributed by atoms with Gasteiger partial charge in [0, 0.05) is 26.2 Å². The van der Waals surface area contributed by atoms with Gasteiger partial charge in [-0.25, -0.2) is 9.97 Å². The van der Waals surface area contributed by atoms with Crippen molar-refractivity contribution in [1.29, 1.82) is 0 Å². The predicted octanol–water partition coefficient (Wildman–Crippen LogP) is 2.53. The molecule has 0 aromatic carbocycles. The van der Waals surface area contributed by atoms with E-state index in [2.05, 4.69) is 41.0 Å². The molecule has 0 aliphatic heterocycles. The minimum Gasteiger partial charge on any atom is -0.481 e. The van der Waals surface area contributed by atoms with E-state index in [0.29, 0.717) is 11.5 Å². The van der Waals surface area contributed by atoms with Gasteiger partial charge in [-0.3, -0.25) is 9.59 Å². The summed E-state index contributed by atoms with van der Waals surface area (Å²) in [4.78, 5) is 26.6. The van der Waals surface area contributed by atoms with E-state index < -0.39 is 20.0 Å². The standard InChI is InChI=1S/C13H18N4Si.2C2H4O2/c1-18(2,3)10-6-7-12(16-9-10)17-13-11(14)5-4-8-15-13;2*1-2(3)4/h4-9H,14H2,1-3H3,(H,15,16,17);2*1H3,(H,3,4). The van der Waals surface area contributed by atoms with Gasteiger partial charge in [0.05, 0.1) is 13.8 Å². The van der Waals surface area contributed by atoms with Crippen LogP contribution < -0.4 is 16.2 Å². The molecule has 0 atom stereocenters. The number of nitrogens with zero attached hydrogens (tertiary/aromatic N) is 2. The third-order valence-corrected chi connectivity index (χ3v) is 4.74. The van der Waals surface area contributed by atoms with E-state index >= 15 is 0 Å². The fourth-order valence-corrected chi connectivity index (χ4v) is 2.59. The van der Waals surface area contributed by atoms with Crippen molar-refractivity contribution in [3.8, 4) is 0 Å². The van der Waals surface area contributed by atoms with Gasteiger partial charge in [-0.1, -0.05) is 25.7 Å². The number of carboxylic acids is 2. The summed E-state index contributed by atoms with van der Waals surface area (Å²) in [7, 11) is -1.29. The van der Waals surface area contributed by atoms with Crippen molar-refractivity contribution in [3.63, 3.8) is 0 Å². The fraction of sp³-hybridized carbons (Fsp3) is 0.294. The number of carbonyl (C=O) groups is 2. The molecule has 9 heteroatoms. The molecule has 0 amide bonds. The number of nitrogens with one attached hydrogen (secondary N) is 1. The number of anilines is 3. The van der Waals surface area contributed by atoms with Crippen LogP contribution in [0.5, 0.6) is 0 Å². The second-order valence-corrected chi connectivity index (χ2v) is 11.4. The van der Waals surface area contributed by atoms with E-state index in [0.717, 1.165) is 19.7 Å². The average molecular weight is 379 g/mol. The first-order chi connectivity index (χ1) is 11.9. The van der Waals surface area contributed by atoms with E-state index in [4.69, 9.17) is 25.5 Å². The summed E-state index contributed by atoms with van der Waals surface area (Å²) in [5.41, 5.74) is 6.44. The lowest BCUT2D eigenvalue weighted by Gasteiger charge is -2.16. The van der Waals surface area contributed by atoms with Crippen molar-refractivity contribution >= 4 is 42.5 Å². The number of pyridine rings is 2. The van der Waals surface area contributed by atoms with Gasteiger partial charge in [0.2, 0.25) is 0 Å². The van der Waals surface area contributed by atoms with E-state index in [1.807, 2.05) is 24.4 Å². The number of nitrogen functional groups attached to an aromatic ring is 1. The highest BCUT2D eigenvalue weighted by atomic mass is 28.3. The molecule has 2 heterocycles. The number of hydrogen-bond donors (Lipinski definition) is 4. The monoisotopic (exact) mass is 378 g/mol. The van der Waals surface area contributed by atoms with E-state index in [-0.39, 0.29) is 0 Å². The molecule has 0 saturated carbocycles. The summed E-state index contributed by atoms with van der Waals surface area (Å²) in [5, 5.41) is 19.3. The van der Waals surface area contributed by atoms with Crippen molar-refractivity contribution in [3.05, 3.63) is 36.7 Å². The van der Waals surface area contributed by atoms with Gasteiger partial charge in [0.15, 0.2) is 5.82 Å². The van der Waals surface area contributed by atoms with E-state index in [1.54, 1.807) is 6.20 Å². The summed E-state index contributed by atoms with van der Waals surface area (Å²) in [6.07, 6.45) is 3.64. The van der Waals surface area contributed by atoms with Gasteiger partial charge in [-0.05, 0) is 23.4 Å². The molecule has 142 valence electrons. The van der Waals surface area contributed by atoms with Gasteiger partial charge in [-0.15, -0.1) is 0 Å². The van der Waals surface area contributed by atoms with Crippen molar-refractivity contribution in [2.75, 3.05) is 11.1 Å². The van der Waals surface area contributed by atoms with Crippen molar-refractivity contribution < 1.29 is 19.8 Å². The Hall–Kier alpha value is -2.94. The zero-order valence-corrected chi connectivity index (χ0v) is 16.6. The van der Waals surface area contributed by atoms with Crippen molar-refractivity contribution in [2.24, 2.45) is 0 Å². The van der Waals surface area contributed by atoms with Crippen LogP contribution in [-0.2, 0) is 9.59 Å². The Balaban J connectivity index is 0.000000662. The van der Waals surface area contributed by atoms with Crippen LogP contribution in [0.2, 0.25) is 19.6 Å². The number of aromatic nitrogens is 2. The lowest BCUT2D eigenvalue weighted by molar-refractivity contribution is -0.135. The smallest absolute Gasteiger partial charge is 0.300 e. The van der Waals surface area contributed by atoms with Crippen molar-refractivity contribution in [1.82, 2.24) is 9.97 Å². The molecule has 2 aromatic rings. The molecule has 2 aromatic heterocycles. The normalized spacial score (nSPS) is 9.73. The highest BCUT2D eigenvalue weighted by Gasteiger charge is 2.16. The maximum atomic E-state index is 9.00. The summed E-state index contributed by atoms with van der Waals surface area (Å²) in [6.45, 7) is 9.07. The molecule has 0 bridgehead atoms. The third-order valence-electron chi connectivity index (χ3n) is 2.71. The first kappa shape index (κ1) is 23.1. The molecule has 0 saturated heterocycles. The van der Waals surface area contributed by atoms with Gasteiger partial charge in [0.1, 0.15) is 5.82 Å². The van der Waals surface area contributed by atoms with Crippen LogP contribution in [-0.4, -0.2) is 40.2 Å². The van der Waals surface area contributed by atoms with Crippen LogP contribution in [0, 0.1) is 0 Å². The highest BCUT2D eigenvalue weighted by molar-refractivity contribution is 6.88. The molecular weight excluding hydrogens is 352 g/mol. The zero-order valence-electron chi connectivity index (χ0n) is 15.6. The van der Waals surface area contributed by atoms with Crippen LogP contribution in [0.3, 0.4) is 0 Å². The zero-order chi connectivity index (χ0) is 20.3. The Kier molecular flexibility index (Phi) is 9.60. The lowest BCUT2D eigenvalue weighted by atomic mass is 10.4. The number of rotatable bonds is 3. The Labute approximate surface area is 154 Å². The van der Waals surface area contributed by atoms with Gasteiger partial charge >= 0.3 is 0 Å². The summed E-state index contributed by atoms with van der Waals surface area (Å²) in [5.74, 6) is -0.256. The topological polar surface area (TPSA) is 138 Å². The maximum absolute atomic E-state index is 9.00. The summed E-state index contributed by atoms with van der Waals surface area (Å²) >= 11 is 0. The molecule has 0 unspecified atom stereocenters. The molecule has 0 spiro atoms. The maximum Gasteiger partial charge on any atom is 0.300 e. The van der Waals surface area contributed by atoms with Crippen LogP contribution in [0.15, 0.2) is 36.7 Å². The van der Waals surface area contributed by atoms with Crippen LogP contribution in [0.4, 0.5) is 17.3 Å². The highest BCUT2D eigenvalue weighted by Crippen LogP contribution is 2.17. The molecule has 8 nitrogen and oxygen atoms in total.